The first-order valence-corrected chi connectivity index (χ1v) is 5.75. The van der Waals surface area contributed by atoms with Gasteiger partial charge in [0, 0.05) is 17.2 Å². The Morgan fingerprint density at radius 1 is 1.47 bits per heavy atom. The summed E-state index contributed by atoms with van der Waals surface area (Å²) in [5.41, 5.74) is 6.35. The number of halogens is 1. The molecule has 0 fully saturated rings. The topological polar surface area (TPSA) is 61.0 Å². The van der Waals surface area contributed by atoms with Crippen molar-refractivity contribution in [1.82, 2.24) is 9.36 Å². The van der Waals surface area contributed by atoms with Gasteiger partial charge in [-0.1, -0.05) is 6.07 Å². The monoisotopic (exact) mass is 285 g/mol. The molecule has 0 bridgehead atoms. The summed E-state index contributed by atoms with van der Waals surface area (Å²) < 4.78 is 10.3. The minimum atomic E-state index is 0.513. The number of ether oxygens (including phenoxy) is 1. The van der Waals surface area contributed by atoms with E-state index in [1.807, 2.05) is 19.1 Å². The van der Waals surface area contributed by atoms with E-state index < -0.39 is 0 Å². The Morgan fingerprint density at radius 2 is 2.27 bits per heavy atom. The van der Waals surface area contributed by atoms with Gasteiger partial charge in [0.15, 0.2) is 0 Å². The van der Waals surface area contributed by atoms with E-state index in [1.54, 1.807) is 6.07 Å². The first-order chi connectivity index (χ1) is 7.16. The van der Waals surface area contributed by atoms with Crippen LogP contribution in [-0.4, -0.2) is 9.36 Å². The van der Waals surface area contributed by atoms with E-state index in [0.29, 0.717) is 22.5 Å². The van der Waals surface area contributed by atoms with E-state index in [2.05, 4.69) is 25.3 Å². The van der Waals surface area contributed by atoms with Crippen molar-refractivity contribution in [3.63, 3.8) is 0 Å². The average molecular weight is 286 g/mol. The zero-order valence-corrected chi connectivity index (χ0v) is 10.3. The van der Waals surface area contributed by atoms with Crippen molar-refractivity contribution in [2.45, 2.75) is 6.92 Å². The van der Waals surface area contributed by atoms with Gasteiger partial charge in [0.25, 0.3) is 5.19 Å². The van der Waals surface area contributed by atoms with Crippen LogP contribution in [0.2, 0.25) is 0 Å². The van der Waals surface area contributed by atoms with Gasteiger partial charge in [-0.25, -0.2) is 0 Å². The lowest BCUT2D eigenvalue weighted by atomic mass is 10.3. The summed E-state index contributed by atoms with van der Waals surface area (Å²) in [5, 5.41) is 0.513. The number of benzene rings is 1. The van der Waals surface area contributed by atoms with E-state index >= 15 is 0 Å². The minimum absolute atomic E-state index is 0.513. The fraction of sp³-hybridized carbons (Fsp3) is 0.111. The van der Waals surface area contributed by atoms with E-state index in [0.717, 1.165) is 4.47 Å². The summed E-state index contributed by atoms with van der Waals surface area (Å²) in [6.45, 7) is 1.82. The average Bonchev–Trinajstić information content (AvgIpc) is 2.59. The molecule has 15 heavy (non-hydrogen) atoms. The van der Waals surface area contributed by atoms with Crippen molar-refractivity contribution >= 4 is 33.1 Å². The van der Waals surface area contributed by atoms with Crippen LogP contribution in [0.15, 0.2) is 22.7 Å². The van der Waals surface area contributed by atoms with Gasteiger partial charge in [-0.05, 0) is 35.0 Å². The van der Waals surface area contributed by atoms with E-state index in [9.17, 15) is 0 Å². The lowest BCUT2D eigenvalue weighted by molar-refractivity contribution is 0.475. The number of hydrogen-bond donors (Lipinski definition) is 1. The maximum atomic E-state index is 5.72. The van der Waals surface area contributed by atoms with Gasteiger partial charge < -0.3 is 10.5 Å². The first kappa shape index (κ1) is 10.4. The molecule has 4 nitrogen and oxygen atoms in total. The molecule has 1 aromatic heterocycles. The van der Waals surface area contributed by atoms with Gasteiger partial charge >= 0.3 is 0 Å². The Labute approximate surface area is 99.4 Å². The largest absolute Gasteiger partial charge is 0.429 e. The van der Waals surface area contributed by atoms with Gasteiger partial charge in [0.2, 0.25) is 0 Å². The van der Waals surface area contributed by atoms with Crippen LogP contribution in [0.3, 0.4) is 0 Å². The summed E-state index contributed by atoms with van der Waals surface area (Å²) in [6, 6.07) is 5.43. The zero-order chi connectivity index (χ0) is 10.8. The van der Waals surface area contributed by atoms with E-state index in [4.69, 9.17) is 10.5 Å². The Balaban J connectivity index is 2.28. The fourth-order valence-electron chi connectivity index (χ4n) is 1.02. The normalized spacial score (nSPS) is 10.3. The lowest BCUT2D eigenvalue weighted by Gasteiger charge is -2.05. The molecule has 0 amide bonds. The quantitative estimate of drug-likeness (QED) is 0.862. The van der Waals surface area contributed by atoms with Crippen molar-refractivity contribution in [3.8, 4) is 10.9 Å². The third-order valence-electron chi connectivity index (χ3n) is 1.70. The summed E-state index contributed by atoms with van der Waals surface area (Å²) in [5.74, 6) is 1.35. The van der Waals surface area contributed by atoms with Gasteiger partial charge in [-0.2, -0.15) is 9.36 Å². The lowest BCUT2D eigenvalue weighted by Crippen LogP contribution is -1.90. The predicted octanol–water partition coefficient (Wildman–Crippen LogP) is 2.98. The number of aryl methyl sites for hydroxylation is 1. The van der Waals surface area contributed by atoms with Gasteiger partial charge in [0.05, 0.1) is 4.47 Å². The minimum Gasteiger partial charge on any atom is -0.429 e. The third kappa shape index (κ3) is 2.27. The van der Waals surface area contributed by atoms with Crippen LogP contribution in [0.4, 0.5) is 5.69 Å². The molecule has 0 aliphatic heterocycles. The Morgan fingerprint density at radius 3 is 2.93 bits per heavy atom. The van der Waals surface area contributed by atoms with Crippen LogP contribution in [0.25, 0.3) is 0 Å². The molecule has 0 aliphatic carbocycles. The van der Waals surface area contributed by atoms with Crippen molar-refractivity contribution < 1.29 is 4.74 Å². The summed E-state index contributed by atoms with van der Waals surface area (Å²) >= 11 is 4.56. The molecule has 0 unspecified atom stereocenters. The molecule has 0 spiro atoms. The van der Waals surface area contributed by atoms with Crippen LogP contribution >= 0.6 is 27.5 Å². The second kappa shape index (κ2) is 4.16. The van der Waals surface area contributed by atoms with Crippen LogP contribution in [0, 0.1) is 6.92 Å². The first-order valence-electron chi connectivity index (χ1n) is 4.19. The van der Waals surface area contributed by atoms with Gasteiger partial charge in [-0.3, -0.25) is 0 Å². The number of nitrogen functional groups attached to an aromatic ring is 1. The molecule has 2 N–H and O–H groups in total. The predicted molar refractivity (Wildman–Crippen MR) is 63.3 cm³/mol. The molecule has 0 saturated carbocycles. The molecule has 1 heterocycles. The van der Waals surface area contributed by atoms with Gasteiger partial charge in [-0.15, -0.1) is 0 Å². The number of rotatable bonds is 2. The molecule has 0 aliphatic rings. The van der Waals surface area contributed by atoms with Crippen LogP contribution in [0.1, 0.15) is 5.82 Å². The fourth-order valence-corrected chi connectivity index (χ4v) is 1.92. The van der Waals surface area contributed by atoms with E-state index in [1.165, 1.54) is 11.5 Å². The molecule has 0 saturated heterocycles. The van der Waals surface area contributed by atoms with E-state index in [-0.39, 0.29) is 0 Å². The highest BCUT2D eigenvalue weighted by molar-refractivity contribution is 9.10. The van der Waals surface area contributed by atoms with Crippen molar-refractivity contribution in [2.75, 3.05) is 5.73 Å². The molecular formula is C9H8BrN3OS. The van der Waals surface area contributed by atoms with Crippen LogP contribution in [-0.2, 0) is 0 Å². The summed E-state index contributed by atoms with van der Waals surface area (Å²) in [4.78, 5) is 4.10. The standard InChI is InChI=1S/C9H8BrN3OS/c1-5-12-9(15-13-5)14-7-4-2-3-6(11)8(7)10/h2-4H,11H2,1H3. The molecule has 2 aromatic rings. The number of aromatic nitrogens is 2. The summed E-state index contributed by atoms with van der Waals surface area (Å²) in [7, 11) is 0. The number of nitrogens with two attached hydrogens (primary N) is 1. The maximum Gasteiger partial charge on any atom is 0.298 e. The molecule has 6 heteroatoms. The molecule has 0 radical (unpaired) electrons. The molecule has 0 atom stereocenters. The number of anilines is 1. The summed E-state index contributed by atoms with van der Waals surface area (Å²) in [6.07, 6.45) is 0. The highest BCUT2D eigenvalue weighted by atomic mass is 79.9. The SMILES string of the molecule is Cc1nsc(Oc2cccc(N)c2Br)n1. The molecular weight excluding hydrogens is 278 g/mol. The smallest absolute Gasteiger partial charge is 0.298 e. The second-order valence-electron chi connectivity index (χ2n) is 2.87. The molecule has 2 rings (SSSR count). The number of nitrogens with zero attached hydrogens (tertiary/aromatic N) is 2. The Hall–Kier alpha value is -1.14. The zero-order valence-electron chi connectivity index (χ0n) is 7.90. The highest BCUT2D eigenvalue weighted by Crippen LogP contribution is 2.34. The van der Waals surface area contributed by atoms with Crippen molar-refractivity contribution in [1.29, 1.82) is 0 Å². The Bertz CT molecular complexity index is 486. The van der Waals surface area contributed by atoms with Crippen molar-refractivity contribution in [2.24, 2.45) is 0 Å². The Kier molecular flexibility index (Phi) is 2.88. The third-order valence-corrected chi connectivity index (χ3v) is 3.23. The second-order valence-corrected chi connectivity index (χ2v) is 4.38. The maximum absolute atomic E-state index is 5.72. The van der Waals surface area contributed by atoms with Crippen LogP contribution < -0.4 is 10.5 Å². The van der Waals surface area contributed by atoms with Gasteiger partial charge in [0.1, 0.15) is 11.6 Å². The van der Waals surface area contributed by atoms with Crippen molar-refractivity contribution in [3.05, 3.63) is 28.5 Å². The highest BCUT2D eigenvalue weighted by Gasteiger charge is 2.08. The molecule has 1 aromatic carbocycles. The van der Waals surface area contributed by atoms with Crippen LogP contribution in [0.5, 0.6) is 10.9 Å². The number of hydrogen-bond acceptors (Lipinski definition) is 5. The molecule has 78 valence electrons.